The molecule has 1 N–H and O–H groups in total. The molecule has 0 saturated carbocycles. The molecule has 0 atom stereocenters. The Hall–Kier alpha value is -2.16. The molecule has 7 heteroatoms. The molecule has 0 saturated heterocycles. The van der Waals surface area contributed by atoms with Crippen molar-refractivity contribution in [2.75, 3.05) is 11.9 Å². The monoisotopic (exact) mass is 412 g/mol. The Bertz CT molecular complexity index is 718. The maximum absolute atomic E-state index is 12.3. The minimum absolute atomic E-state index is 0.0457. The van der Waals surface area contributed by atoms with E-state index in [1.54, 1.807) is 18.2 Å². The van der Waals surface area contributed by atoms with E-state index in [1.165, 1.54) is 18.2 Å². The second-order valence-corrected chi connectivity index (χ2v) is 5.47. The van der Waals surface area contributed by atoms with E-state index in [2.05, 4.69) is 5.32 Å². The first-order chi connectivity index (χ1) is 10.5. The molecule has 0 heterocycles. The van der Waals surface area contributed by atoms with E-state index < -0.39 is 4.92 Å². The van der Waals surface area contributed by atoms with Crippen molar-refractivity contribution < 1.29 is 14.5 Å². The number of nitro groups is 1. The highest BCUT2D eigenvalue weighted by Crippen LogP contribution is 2.26. The number of amides is 1. The number of nitrogens with one attached hydrogen (secondary N) is 1. The molecule has 0 aliphatic heterocycles. The van der Waals surface area contributed by atoms with Crippen LogP contribution in [0.1, 0.15) is 17.3 Å². The fraction of sp³-hybridized carbons (Fsp3) is 0.133. The first kappa shape index (κ1) is 16.2. The maximum Gasteiger partial charge on any atom is 0.270 e. The zero-order chi connectivity index (χ0) is 16.1. The number of non-ortho nitro benzene ring substituents is 1. The number of ether oxygens (including phenoxy) is 1. The molecule has 0 bridgehead atoms. The summed E-state index contributed by atoms with van der Waals surface area (Å²) in [6.45, 7) is 2.35. The molecule has 0 unspecified atom stereocenters. The Morgan fingerprint density at radius 3 is 2.68 bits per heavy atom. The van der Waals surface area contributed by atoms with Crippen LogP contribution in [0.25, 0.3) is 0 Å². The van der Waals surface area contributed by atoms with Crippen molar-refractivity contribution in [1.82, 2.24) is 0 Å². The first-order valence-corrected chi connectivity index (χ1v) is 7.58. The molecule has 22 heavy (non-hydrogen) atoms. The average molecular weight is 412 g/mol. The van der Waals surface area contributed by atoms with Crippen LogP contribution < -0.4 is 10.1 Å². The lowest BCUT2D eigenvalue weighted by Gasteiger charge is -2.11. The second kappa shape index (κ2) is 7.21. The summed E-state index contributed by atoms with van der Waals surface area (Å²) in [5, 5.41) is 13.5. The molecule has 0 aliphatic rings. The van der Waals surface area contributed by atoms with Crippen molar-refractivity contribution in [3.8, 4) is 5.75 Å². The lowest BCUT2D eigenvalue weighted by Crippen LogP contribution is -2.14. The third kappa shape index (κ3) is 3.73. The lowest BCUT2D eigenvalue weighted by atomic mass is 10.2. The van der Waals surface area contributed by atoms with Gasteiger partial charge in [-0.15, -0.1) is 0 Å². The van der Waals surface area contributed by atoms with Gasteiger partial charge in [0, 0.05) is 15.7 Å². The largest absolute Gasteiger partial charge is 0.492 e. The summed E-state index contributed by atoms with van der Waals surface area (Å²) >= 11 is 1.91. The van der Waals surface area contributed by atoms with Gasteiger partial charge in [0.05, 0.1) is 22.8 Å². The van der Waals surface area contributed by atoms with Crippen LogP contribution in [0.4, 0.5) is 11.4 Å². The number of nitro benzene ring substituents is 1. The van der Waals surface area contributed by atoms with Crippen LogP contribution >= 0.6 is 22.6 Å². The minimum Gasteiger partial charge on any atom is -0.492 e. The highest BCUT2D eigenvalue weighted by atomic mass is 127. The molecule has 2 rings (SSSR count). The third-order valence-corrected chi connectivity index (χ3v) is 3.74. The van der Waals surface area contributed by atoms with Crippen LogP contribution in [0.15, 0.2) is 42.5 Å². The van der Waals surface area contributed by atoms with E-state index in [0.717, 1.165) is 0 Å². The normalized spacial score (nSPS) is 10.1. The van der Waals surface area contributed by atoms with E-state index in [0.29, 0.717) is 27.2 Å². The molecule has 0 fully saturated rings. The third-order valence-electron chi connectivity index (χ3n) is 2.84. The number of anilines is 1. The molecule has 0 aromatic heterocycles. The lowest BCUT2D eigenvalue weighted by molar-refractivity contribution is -0.384. The predicted octanol–water partition coefficient (Wildman–Crippen LogP) is 3.85. The average Bonchev–Trinajstić information content (AvgIpc) is 2.49. The molecule has 114 valence electrons. The molecule has 2 aromatic rings. The van der Waals surface area contributed by atoms with Gasteiger partial charge >= 0.3 is 0 Å². The Balaban J connectivity index is 2.25. The van der Waals surface area contributed by atoms with Crippen LogP contribution in [0.5, 0.6) is 5.75 Å². The van der Waals surface area contributed by atoms with E-state index in [-0.39, 0.29) is 11.6 Å². The molecule has 0 aliphatic carbocycles. The smallest absolute Gasteiger partial charge is 0.270 e. The van der Waals surface area contributed by atoms with Crippen LogP contribution in [0.3, 0.4) is 0 Å². The Kier molecular flexibility index (Phi) is 5.31. The summed E-state index contributed by atoms with van der Waals surface area (Å²) in [5.74, 6) is 0.238. The Labute approximate surface area is 140 Å². The number of halogens is 1. The minimum atomic E-state index is -0.492. The van der Waals surface area contributed by atoms with Crippen LogP contribution in [-0.2, 0) is 0 Å². The Morgan fingerprint density at radius 1 is 1.32 bits per heavy atom. The highest BCUT2D eigenvalue weighted by molar-refractivity contribution is 14.1. The zero-order valence-corrected chi connectivity index (χ0v) is 13.9. The summed E-state index contributed by atoms with van der Waals surface area (Å²) in [4.78, 5) is 22.6. The molecule has 6 nitrogen and oxygen atoms in total. The van der Waals surface area contributed by atoms with Gasteiger partial charge in [-0.05, 0) is 47.7 Å². The van der Waals surface area contributed by atoms with Gasteiger partial charge in [-0.1, -0.05) is 12.1 Å². The van der Waals surface area contributed by atoms with Crippen molar-refractivity contribution in [2.24, 2.45) is 0 Å². The van der Waals surface area contributed by atoms with Crippen LogP contribution in [0, 0.1) is 13.7 Å². The van der Waals surface area contributed by atoms with Gasteiger partial charge in [-0.25, -0.2) is 0 Å². The van der Waals surface area contributed by atoms with E-state index >= 15 is 0 Å². The van der Waals surface area contributed by atoms with E-state index in [4.69, 9.17) is 4.74 Å². The van der Waals surface area contributed by atoms with Gasteiger partial charge in [0.25, 0.3) is 11.6 Å². The summed E-state index contributed by atoms with van der Waals surface area (Å²) < 4.78 is 5.96. The number of hydrogen-bond donors (Lipinski definition) is 1. The van der Waals surface area contributed by atoms with Crippen molar-refractivity contribution in [3.63, 3.8) is 0 Å². The number of nitrogens with zero attached hydrogens (tertiary/aromatic N) is 1. The highest BCUT2D eigenvalue weighted by Gasteiger charge is 2.15. The zero-order valence-electron chi connectivity index (χ0n) is 11.7. The number of carbonyl (C=O) groups is 1. The molecule has 0 radical (unpaired) electrons. The SMILES string of the molecule is CCOc1ccccc1NC(=O)c1ccc([N+](=O)[O-])cc1I. The second-order valence-electron chi connectivity index (χ2n) is 4.30. The molecule has 2 aromatic carbocycles. The first-order valence-electron chi connectivity index (χ1n) is 6.50. The molecular formula is C15H13IN2O4. The van der Waals surface area contributed by atoms with Gasteiger partial charge in [-0.2, -0.15) is 0 Å². The van der Waals surface area contributed by atoms with E-state index in [9.17, 15) is 14.9 Å². The van der Waals surface area contributed by atoms with Gasteiger partial charge in [0.2, 0.25) is 0 Å². The van der Waals surface area contributed by atoms with Crippen LogP contribution in [-0.4, -0.2) is 17.4 Å². The summed E-state index contributed by atoms with van der Waals surface area (Å²) in [5.41, 5.74) is 0.886. The van der Waals surface area contributed by atoms with Crippen molar-refractivity contribution >= 4 is 39.9 Å². The van der Waals surface area contributed by atoms with Gasteiger partial charge in [0.1, 0.15) is 5.75 Å². The van der Waals surface area contributed by atoms with Crippen molar-refractivity contribution in [1.29, 1.82) is 0 Å². The number of benzene rings is 2. The summed E-state index contributed by atoms with van der Waals surface area (Å²) in [6, 6.07) is 11.2. The molecule has 0 spiro atoms. The van der Waals surface area contributed by atoms with Gasteiger partial charge < -0.3 is 10.1 Å². The van der Waals surface area contributed by atoms with Crippen molar-refractivity contribution in [3.05, 3.63) is 61.7 Å². The number of para-hydroxylation sites is 2. The van der Waals surface area contributed by atoms with Gasteiger partial charge in [0.15, 0.2) is 0 Å². The maximum atomic E-state index is 12.3. The van der Waals surface area contributed by atoms with Crippen LogP contribution in [0.2, 0.25) is 0 Å². The van der Waals surface area contributed by atoms with E-state index in [1.807, 2.05) is 35.6 Å². The molecular weight excluding hydrogens is 399 g/mol. The predicted molar refractivity (Wildman–Crippen MR) is 91.4 cm³/mol. The Morgan fingerprint density at radius 2 is 2.05 bits per heavy atom. The summed E-state index contributed by atoms with van der Waals surface area (Å²) in [7, 11) is 0. The standard InChI is InChI=1S/C15H13IN2O4/c1-2-22-14-6-4-3-5-13(14)17-15(19)11-8-7-10(18(20)21)9-12(11)16/h3-9H,2H2,1H3,(H,17,19). The summed E-state index contributed by atoms with van der Waals surface area (Å²) in [6.07, 6.45) is 0. The topological polar surface area (TPSA) is 81.5 Å². The van der Waals surface area contributed by atoms with Crippen molar-refractivity contribution in [2.45, 2.75) is 6.92 Å². The fourth-order valence-corrected chi connectivity index (χ4v) is 2.59. The number of hydrogen-bond acceptors (Lipinski definition) is 4. The molecule has 1 amide bonds. The quantitative estimate of drug-likeness (QED) is 0.460. The number of carbonyl (C=O) groups excluding carboxylic acids is 1. The number of rotatable bonds is 5. The fourth-order valence-electron chi connectivity index (χ4n) is 1.84. The van der Waals surface area contributed by atoms with Gasteiger partial charge in [-0.3, -0.25) is 14.9 Å².